The zero-order valence-electron chi connectivity index (χ0n) is 12.2. The zero-order valence-corrected chi connectivity index (χ0v) is 12.9. The molecule has 1 aromatic rings. The Morgan fingerprint density at radius 2 is 2.14 bits per heavy atom. The number of rotatable bonds is 5. The SMILES string of the molecule is COc1cc(Cl)c(C)cc1NC(=O)CCC1NC(=O)NC1=O. The van der Waals surface area contributed by atoms with E-state index in [9.17, 15) is 14.4 Å². The molecule has 0 radical (unpaired) electrons. The van der Waals surface area contributed by atoms with E-state index in [4.69, 9.17) is 16.3 Å². The molecule has 118 valence electrons. The first kappa shape index (κ1) is 16.1. The monoisotopic (exact) mass is 325 g/mol. The number of imide groups is 1. The highest BCUT2D eigenvalue weighted by Crippen LogP contribution is 2.31. The van der Waals surface area contributed by atoms with E-state index in [1.54, 1.807) is 12.1 Å². The third-order valence-corrected chi connectivity index (χ3v) is 3.68. The highest BCUT2D eigenvalue weighted by molar-refractivity contribution is 6.31. The van der Waals surface area contributed by atoms with Crippen LogP contribution in [-0.4, -0.2) is 31.0 Å². The van der Waals surface area contributed by atoms with Crippen molar-refractivity contribution in [1.29, 1.82) is 0 Å². The van der Waals surface area contributed by atoms with Crippen molar-refractivity contribution in [3.8, 4) is 5.75 Å². The van der Waals surface area contributed by atoms with Gasteiger partial charge in [0.25, 0.3) is 5.91 Å². The lowest BCUT2D eigenvalue weighted by Gasteiger charge is -2.13. The van der Waals surface area contributed by atoms with Crippen LogP contribution < -0.4 is 20.7 Å². The predicted octanol–water partition coefficient (Wildman–Crippen LogP) is 1.58. The van der Waals surface area contributed by atoms with E-state index in [1.807, 2.05) is 6.92 Å². The molecule has 1 saturated heterocycles. The van der Waals surface area contributed by atoms with Crippen LogP contribution in [0, 0.1) is 6.92 Å². The molecule has 0 spiro atoms. The van der Waals surface area contributed by atoms with Gasteiger partial charge in [-0.15, -0.1) is 0 Å². The molecule has 2 rings (SSSR count). The smallest absolute Gasteiger partial charge is 0.322 e. The average Bonchev–Trinajstić information content (AvgIpc) is 2.78. The summed E-state index contributed by atoms with van der Waals surface area (Å²) in [7, 11) is 1.48. The lowest BCUT2D eigenvalue weighted by atomic mass is 10.1. The molecule has 1 fully saturated rings. The lowest BCUT2D eigenvalue weighted by molar-refractivity contribution is -0.120. The number of amides is 4. The maximum absolute atomic E-state index is 12.0. The number of hydrogen-bond donors (Lipinski definition) is 3. The largest absolute Gasteiger partial charge is 0.495 e. The van der Waals surface area contributed by atoms with E-state index in [0.717, 1.165) is 5.56 Å². The van der Waals surface area contributed by atoms with E-state index in [2.05, 4.69) is 16.0 Å². The summed E-state index contributed by atoms with van der Waals surface area (Å²) in [4.78, 5) is 34.3. The number of carbonyl (C=O) groups excluding carboxylic acids is 3. The molecule has 1 unspecified atom stereocenters. The number of urea groups is 1. The van der Waals surface area contributed by atoms with Crippen LogP contribution in [-0.2, 0) is 9.59 Å². The van der Waals surface area contributed by atoms with Crippen molar-refractivity contribution in [2.75, 3.05) is 12.4 Å². The van der Waals surface area contributed by atoms with Crippen molar-refractivity contribution >= 4 is 35.1 Å². The number of hydrogen-bond acceptors (Lipinski definition) is 4. The van der Waals surface area contributed by atoms with Crippen molar-refractivity contribution in [1.82, 2.24) is 10.6 Å². The molecule has 1 aliphatic rings. The van der Waals surface area contributed by atoms with Gasteiger partial charge < -0.3 is 15.4 Å². The van der Waals surface area contributed by atoms with E-state index in [0.29, 0.717) is 16.5 Å². The molecule has 1 aliphatic heterocycles. The summed E-state index contributed by atoms with van der Waals surface area (Å²) in [5, 5.41) is 7.81. The van der Waals surface area contributed by atoms with Gasteiger partial charge in [-0.2, -0.15) is 0 Å². The van der Waals surface area contributed by atoms with Crippen molar-refractivity contribution in [3.63, 3.8) is 0 Å². The van der Waals surface area contributed by atoms with Gasteiger partial charge in [0.2, 0.25) is 5.91 Å². The van der Waals surface area contributed by atoms with Crippen LogP contribution in [0.3, 0.4) is 0 Å². The molecular formula is C14H16ClN3O4. The number of halogens is 1. The maximum atomic E-state index is 12.0. The Hall–Kier alpha value is -2.28. The number of benzene rings is 1. The number of anilines is 1. The summed E-state index contributed by atoms with van der Waals surface area (Å²) in [6.45, 7) is 1.82. The van der Waals surface area contributed by atoms with Crippen LogP contribution in [0.1, 0.15) is 18.4 Å². The summed E-state index contributed by atoms with van der Waals surface area (Å²) in [5.74, 6) is -0.248. The first-order chi connectivity index (χ1) is 10.4. The molecule has 22 heavy (non-hydrogen) atoms. The normalized spacial score (nSPS) is 17.0. The van der Waals surface area contributed by atoms with Gasteiger partial charge in [0, 0.05) is 17.5 Å². The number of ether oxygens (including phenoxy) is 1. The number of nitrogens with one attached hydrogen (secondary N) is 3. The van der Waals surface area contributed by atoms with Gasteiger partial charge in [0.15, 0.2) is 0 Å². The first-order valence-electron chi connectivity index (χ1n) is 6.66. The molecular weight excluding hydrogens is 310 g/mol. The van der Waals surface area contributed by atoms with E-state index >= 15 is 0 Å². The van der Waals surface area contributed by atoms with Crippen LogP contribution in [0.5, 0.6) is 5.75 Å². The number of methoxy groups -OCH3 is 1. The third-order valence-electron chi connectivity index (χ3n) is 3.27. The fraction of sp³-hybridized carbons (Fsp3) is 0.357. The second kappa shape index (κ2) is 6.65. The fourth-order valence-electron chi connectivity index (χ4n) is 2.08. The van der Waals surface area contributed by atoms with Gasteiger partial charge in [0.1, 0.15) is 11.8 Å². The van der Waals surface area contributed by atoms with Crippen molar-refractivity contribution < 1.29 is 19.1 Å². The van der Waals surface area contributed by atoms with Crippen molar-refractivity contribution in [2.45, 2.75) is 25.8 Å². The quantitative estimate of drug-likeness (QED) is 0.716. The van der Waals surface area contributed by atoms with E-state index in [-0.39, 0.29) is 18.7 Å². The topological polar surface area (TPSA) is 96.5 Å². The Balaban J connectivity index is 1.96. The third kappa shape index (κ3) is 3.67. The minimum Gasteiger partial charge on any atom is -0.495 e. The summed E-state index contributed by atoms with van der Waals surface area (Å²) in [6, 6.07) is 2.12. The molecule has 4 amide bonds. The molecule has 8 heteroatoms. The average molecular weight is 326 g/mol. The molecule has 7 nitrogen and oxygen atoms in total. The standard InChI is InChI=1S/C14H16ClN3O4/c1-7-5-10(11(22-2)6-8(7)15)16-12(19)4-3-9-13(20)18-14(21)17-9/h5-6,9H,3-4H2,1-2H3,(H,16,19)(H2,17,18,20,21). The Morgan fingerprint density at radius 1 is 1.41 bits per heavy atom. The molecule has 0 aromatic heterocycles. The van der Waals surface area contributed by atoms with Gasteiger partial charge in [-0.1, -0.05) is 11.6 Å². The minimum atomic E-state index is -0.674. The molecule has 1 aromatic carbocycles. The van der Waals surface area contributed by atoms with Gasteiger partial charge in [-0.25, -0.2) is 4.79 Å². The lowest BCUT2D eigenvalue weighted by Crippen LogP contribution is -2.30. The van der Waals surface area contributed by atoms with E-state index < -0.39 is 18.0 Å². The fourth-order valence-corrected chi connectivity index (χ4v) is 2.23. The molecule has 0 bridgehead atoms. The van der Waals surface area contributed by atoms with Gasteiger partial charge in [-0.05, 0) is 25.0 Å². The van der Waals surface area contributed by atoms with Crippen LogP contribution in [0.25, 0.3) is 0 Å². The summed E-state index contributed by atoms with van der Waals surface area (Å²) < 4.78 is 5.17. The summed E-state index contributed by atoms with van der Waals surface area (Å²) in [6.07, 6.45) is 0.307. The van der Waals surface area contributed by atoms with Crippen molar-refractivity contribution in [3.05, 3.63) is 22.7 Å². The zero-order chi connectivity index (χ0) is 16.3. The van der Waals surface area contributed by atoms with Gasteiger partial charge in [0.05, 0.1) is 12.8 Å². The molecule has 1 atom stereocenters. The molecule has 3 N–H and O–H groups in total. The molecule has 1 heterocycles. The summed E-state index contributed by atoms with van der Waals surface area (Å²) >= 11 is 6.00. The van der Waals surface area contributed by atoms with Crippen molar-refractivity contribution in [2.24, 2.45) is 0 Å². The predicted molar refractivity (Wildman–Crippen MR) is 81.1 cm³/mol. The molecule has 0 saturated carbocycles. The highest BCUT2D eigenvalue weighted by Gasteiger charge is 2.29. The molecule has 0 aliphatic carbocycles. The number of aryl methyl sites for hydroxylation is 1. The number of carbonyl (C=O) groups is 3. The van der Waals surface area contributed by atoms with Crippen LogP contribution in [0.15, 0.2) is 12.1 Å². The Bertz CT molecular complexity index is 633. The second-order valence-electron chi connectivity index (χ2n) is 4.90. The van der Waals surface area contributed by atoms with Crippen LogP contribution >= 0.6 is 11.6 Å². The Morgan fingerprint density at radius 3 is 2.73 bits per heavy atom. The maximum Gasteiger partial charge on any atom is 0.322 e. The summed E-state index contributed by atoms with van der Waals surface area (Å²) in [5.41, 5.74) is 1.31. The van der Waals surface area contributed by atoms with Gasteiger partial charge in [-0.3, -0.25) is 14.9 Å². The minimum absolute atomic E-state index is 0.0865. The Labute approximate surface area is 132 Å². The first-order valence-corrected chi connectivity index (χ1v) is 7.04. The van der Waals surface area contributed by atoms with Crippen LogP contribution in [0.2, 0.25) is 5.02 Å². The Kier molecular flexibility index (Phi) is 4.87. The highest BCUT2D eigenvalue weighted by atomic mass is 35.5. The second-order valence-corrected chi connectivity index (χ2v) is 5.31. The van der Waals surface area contributed by atoms with E-state index in [1.165, 1.54) is 7.11 Å². The van der Waals surface area contributed by atoms with Crippen LogP contribution in [0.4, 0.5) is 10.5 Å². The van der Waals surface area contributed by atoms with Gasteiger partial charge >= 0.3 is 6.03 Å².